The van der Waals surface area contributed by atoms with Gasteiger partial charge in [0.2, 0.25) is 0 Å². The predicted molar refractivity (Wildman–Crippen MR) is 79.5 cm³/mol. The van der Waals surface area contributed by atoms with Crippen LogP contribution in [0.2, 0.25) is 0 Å². The lowest BCUT2D eigenvalue weighted by molar-refractivity contribution is 0.414. The second-order valence-electron chi connectivity index (χ2n) is 4.94. The maximum Gasteiger partial charge on any atom is 0.128 e. The lowest BCUT2D eigenvalue weighted by atomic mass is 10.1. The van der Waals surface area contributed by atoms with Crippen LogP contribution in [0.1, 0.15) is 24.1 Å². The number of ether oxygens (including phenoxy) is 1. The minimum Gasteiger partial charge on any atom is -0.497 e. The Hall–Kier alpha value is -1.94. The Bertz CT molecular complexity index is 584. The van der Waals surface area contributed by atoms with Gasteiger partial charge in [-0.2, -0.15) is 0 Å². The van der Waals surface area contributed by atoms with Crippen LogP contribution >= 0.6 is 0 Å². The molecule has 1 N–H and O–H groups in total. The molecule has 0 heterocycles. The molecule has 0 saturated heterocycles. The number of halogens is 2. The van der Waals surface area contributed by atoms with Crippen LogP contribution in [0.4, 0.5) is 8.78 Å². The third-order valence-corrected chi connectivity index (χ3v) is 3.45. The summed E-state index contributed by atoms with van der Waals surface area (Å²) in [7, 11) is 1.63. The molecular formula is C17H19F2NO. The van der Waals surface area contributed by atoms with Gasteiger partial charge >= 0.3 is 0 Å². The highest BCUT2D eigenvalue weighted by Crippen LogP contribution is 2.18. The van der Waals surface area contributed by atoms with Crippen molar-refractivity contribution in [3.63, 3.8) is 0 Å². The summed E-state index contributed by atoms with van der Waals surface area (Å²) in [4.78, 5) is 0. The van der Waals surface area contributed by atoms with Crippen molar-refractivity contribution in [1.82, 2.24) is 5.32 Å². The van der Waals surface area contributed by atoms with E-state index in [1.54, 1.807) is 7.11 Å². The normalized spacial score (nSPS) is 12.2. The van der Waals surface area contributed by atoms with Crippen molar-refractivity contribution in [2.75, 3.05) is 13.7 Å². The fourth-order valence-electron chi connectivity index (χ4n) is 2.18. The van der Waals surface area contributed by atoms with E-state index >= 15 is 0 Å². The zero-order valence-corrected chi connectivity index (χ0v) is 12.2. The van der Waals surface area contributed by atoms with Gasteiger partial charge in [-0.15, -0.1) is 0 Å². The standard InChI is InChI=1S/C17H19F2NO/c1-12(16-11-14(18)5-8-17(16)19)20-10-9-13-3-6-15(21-2)7-4-13/h3-8,11-12,20H,9-10H2,1-2H3. The summed E-state index contributed by atoms with van der Waals surface area (Å²) in [6.45, 7) is 2.51. The number of hydrogen-bond acceptors (Lipinski definition) is 2. The minimum absolute atomic E-state index is 0.237. The van der Waals surface area contributed by atoms with Gasteiger partial charge in [-0.3, -0.25) is 0 Å². The molecule has 0 bridgehead atoms. The van der Waals surface area contributed by atoms with Gasteiger partial charge in [0.05, 0.1) is 7.11 Å². The van der Waals surface area contributed by atoms with Gasteiger partial charge < -0.3 is 10.1 Å². The Morgan fingerprint density at radius 2 is 1.81 bits per heavy atom. The van der Waals surface area contributed by atoms with Crippen LogP contribution in [0.5, 0.6) is 5.75 Å². The van der Waals surface area contributed by atoms with E-state index in [-0.39, 0.29) is 11.9 Å². The average Bonchev–Trinajstić information content (AvgIpc) is 2.50. The quantitative estimate of drug-likeness (QED) is 0.872. The number of hydrogen-bond donors (Lipinski definition) is 1. The first-order valence-corrected chi connectivity index (χ1v) is 6.91. The van der Waals surface area contributed by atoms with E-state index in [2.05, 4.69) is 5.32 Å². The zero-order chi connectivity index (χ0) is 15.2. The first kappa shape index (κ1) is 15.4. The Labute approximate surface area is 123 Å². The van der Waals surface area contributed by atoms with Gasteiger partial charge in [0, 0.05) is 11.6 Å². The fraction of sp³-hybridized carbons (Fsp3) is 0.294. The van der Waals surface area contributed by atoms with Crippen molar-refractivity contribution in [1.29, 1.82) is 0 Å². The second-order valence-corrected chi connectivity index (χ2v) is 4.94. The first-order chi connectivity index (χ1) is 10.1. The lowest BCUT2D eigenvalue weighted by Crippen LogP contribution is -2.22. The molecule has 4 heteroatoms. The summed E-state index contributed by atoms with van der Waals surface area (Å²) < 4.78 is 31.9. The SMILES string of the molecule is COc1ccc(CCNC(C)c2cc(F)ccc2F)cc1. The van der Waals surface area contributed by atoms with Crippen LogP contribution in [0.3, 0.4) is 0 Å². The third kappa shape index (κ3) is 4.26. The maximum atomic E-state index is 13.6. The van der Waals surface area contributed by atoms with E-state index in [0.717, 1.165) is 29.9 Å². The molecule has 2 rings (SSSR count). The fourth-order valence-corrected chi connectivity index (χ4v) is 2.18. The minimum atomic E-state index is -0.421. The monoisotopic (exact) mass is 291 g/mol. The summed E-state index contributed by atoms with van der Waals surface area (Å²) >= 11 is 0. The summed E-state index contributed by atoms with van der Waals surface area (Å²) in [5.41, 5.74) is 1.51. The van der Waals surface area contributed by atoms with Crippen LogP contribution in [-0.2, 0) is 6.42 Å². The van der Waals surface area contributed by atoms with Crippen LogP contribution < -0.4 is 10.1 Å². The summed E-state index contributed by atoms with van der Waals surface area (Å²) in [6.07, 6.45) is 0.811. The summed E-state index contributed by atoms with van der Waals surface area (Å²) in [5.74, 6) is 0.0120. The van der Waals surface area contributed by atoms with E-state index in [1.807, 2.05) is 31.2 Å². The zero-order valence-electron chi connectivity index (χ0n) is 12.2. The molecule has 0 spiro atoms. The molecule has 2 aromatic carbocycles. The maximum absolute atomic E-state index is 13.6. The van der Waals surface area contributed by atoms with Crippen molar-refractivity contribution in [2.24, 2.45) is 0 Å². The molecule has 0 aliphatic heterocycles. The van der Waals surface area contributed by atoms with Gasteiger partial charge in [0.15, 0.2) is 0 Å². The molecule has 1 atom stereocenters. The Kier molecular flexibility index (Phi) is 5.28. The van der Waals surface area contributed by atoms with Gasteiger partial charge in [-0.25, -0.2) is 8.78 Å². The number of methoxy groups -OCH3 is 1. The van der Waals surface area contributed by atoms with E-state index < -0.39 is 5.82 Å². The number of nitrogens with one attached hydrogen (secondary N) is 1. The van der Waals surface area contributed by atoms with Crippen LogP contribution in [0.25, 0.3) is 0 Å². The van der Waals surface area contributed by atoms with E-state index in [1.165, 1.54) is 6.07 Å². The number of rotatable bonds is 6. The highest BCUT2D eigenvalue weighted by Gasteiger charge is 2.11. The predicted octanol–water partition coefficient (Wildman–Crippen LogP) is 3.87. The average molecular weight is 291 g/mol. The molecular weight excluding hydrogens is 272 g/mol. The molecule has 0 amide bonds. The Morgan fingerprint density at radius 1 is 1.10 bits per heavy atom. The van der Waals surface area contributed by atoms with Gasteiger partial charge in [0.25, 0.3) is 0 Å². The molecule has 2 aromatic rings. The molecule has 0 aliphatic rings. The molecule has 0 aliphatic carbocycles. The molecule has 0 radical (unpaired) electrons. The molecule has 112 valence electrons. The van der Waals surface area contributed by atoms with Crippen LogP contribution in [-0.4, -0.2) is 13.7 Å². The highest BCUT2D eigenvalue weighted by molar-refractivity contribution is 5.27. The van der Waals surface area contributed by atoms with E-state index in [9.17, 15) is 8.78 Å². The van der Waals surface area contributed by atoms with Crippen LogP contribution in [0.15, 0.2) is 42.5 Å². The molecule has 0 saturated carbocycles. The van der Waals surface area contributed by atoms with Crippen molar-refractivity contribution >= 4 is 0 Å². The van der Waals surface area contributed by atoms with Crippen molar-refractivity contribution < 1.29 is 13.5 Å². The summed E-state index contributed by atoms with van der Waals surface area (Å²) in [6, 6.07) is 11.1. The Balaban J connectivity index is 1.88. The largest absolute Gasteiger partial charge is 0.497 e. The van der Waals surface area contributed by atoms with Crippen molar-refractivity contribution in [3.8, 4) is 5.75 Å². The first-order valence-electron chi connectivity index (χ1n) is 6.91. The highest BCUT2D eigenvalue weighted by atomic mass is 19.1. The molecule has 0 fully saturated rings. The van der Waals surface area contributed by atoms with Gasteiger partial charge in [-0.05, 0) is 55.8 Å². The van der Waals surface area contributed by atoms with E-state index in [0.29, 0.717) is 12.1 Å². The smallest absolute Gasteiger partial charge is 0.128 e. The van der Waals surface area contributed by atoms with Crippen LogP contribution in [0, 0.1) is 11.6 Å². The van der Waals surface area contributed by atoms with Gasteiger partial charge in [0.1, 0.15) is 17.4 Å². The third-order valence-electron chi connectivity index (χ3n) is 3.45. The molecule has 0 aromatic heterocycles. The Morgan fingerprint density at radius 3 is 2.48 bits per heavy atom. The molecule has 21 heavy (non-hydrogen) atoms. The van der Waals surface area contributed by atoms with Crippen molar-refractivity contribution in [3.05, 3.63) is 65.2 Å². The van der Waals surface area contributed by atoms with Crippen molar-refractivity contribution in [2.45, 2.75) is 19.4 Å². The van der Waals surface area contributed by atoms with E-state index in [4.69, 9.17) is 4.74 Å². The topological polar surface area (TPSA) is 21.3 Å². The summed E-state index contributed by atoms with van der Waals surface area (Å²) in [5, 5.41) is 3.21. The second kappa shape index (κ2) is 7.18. The molecule has 2 nitrogen and oxygen atoms in total. The molecule has 1 unspecified atom stereocenters. The van der Waals surface area contributed by atoms with Gasteiger partial charge in [-0.1, -0.05) is 12.1 Å². The lowest BCUT2D eigenvalue weighted by Gasteiger charge is -2.15. The number of benzene rings is 2.